The summed E-state index contributed by atoms with van der Waals surface area (Å²) in [6.45, 7) is 12.8. The quantitative estimate of drug-likeness (QED) is 0.315. The molecule has 3 rings (SSSR count). The SMILES string of the molecule is CCCCc1ccc(C(=O)N(CC(=O)Nc2cc(C(C)(C)C)nn2-c2ccccc2Cl)CC(C)C)cc1. The lowest BCUT2D eigenvalue weighted by atomic mass is 9.92. The van der Waals surface area contributed by atoms with Gasteiger partial charge in [0.05, 0.1) is 16.4 Å². The molecule has 7 heteroatoms. The number of amides is 2. The number of anilines is 1. The fourth-order valence-electron chi connectivity index (χ4n) is 4.04. The third-order valence-electron chi connectivity index (χ3n) is 6.05. The van der Waals surface area contributed by atoms with Crippen LogP contribution in [-0.2, 0) is 16.6 Å². The number of rotatable bonds is 10. The average molecular weight is 523 g/mol. The lowest BCUT2D eigenvalue weighted by Crippen LogP contribution is -2.40. The van der Waals surface area contributed by atoms with Crippen molar-refractivity contribution in [2.75, 3.05) is 18.4 Å². The van der Waals surface area contributed by atoms with Gasteiger partial charge in [-0.1, -0.05) is 83.8 Å². The second-order valence-corrected chi connectivity index (χ2v) is 11.4. The highest BCUT2D eigenvalue weighted by molar-refractivity contribution is 6.32. The highest BCUT2D eigenvalue weighted by Crippen LogP contribution is 2.29. The van der Waals surface area contributed by atoms with Gasteiger partial charge in [-0.3, -0.25) is 9.59 Å². The van der Waals surface area contributed by atoms with Crippen LogP contribution in [0.25, 0.3) is 5.69 Å². The van der Waals surface area contributed by atoms with Gasteiger partial charge in [0.2, 0.25) is 5.91 Å². The molecular weight excluding hydrogens is 484 g/mol. The van der Waals surface area contributed by atoms with Crippen LogP contribution in [0.4, 0.5) is 5.82 Å². The summed E-state index contributed by atoms with van der Waals surface area (Å²) in [7, 11) is 0. The number of halogens is 1. The van der Waals surface area contributed by atoms with Crippen molar-refractivity contribution in [2.45, 2.75) is 66.2 Å². The monoisotopic (exact) mass is 522 g/mol. The summed E-state index contributed by atoms with van der Waals surface area (Å²) in [5, 5.41) is 8.25. The predicted octanol–water partition coefficient (Wildman–Crippen LogP) is 6.90. The second-order valence-electron chi connectivity index (χ2n) is 11.0. The minimum Gasteiger partial charge on any atom is -0.329 e. The highest BCUT2D eigenvalue weighted by atomic mass is 35.5. The molecule has 198 valence electrons. The number of benzene rings is 2. The van der Waals surface area contributed by atoms with E-state index in [-0.39, 0.29) is 29.7 Å². The smallest absolute Gasteiger partial charge is 0.254 e. The second kappa shape index (κ2) is 12.4. The molecule has 2 aromatic carbocycles. The maximum Gasteiger partial charge on any atom is 0.254 e. The van der Waals surface area contributed by atoms with E-state index in [2.05, 4.69) is 33.0 Å². The molecule has 0 radical (unpaired) electrons. The Balaban J connectivity index is 1.83. The number of para-hydroxylation sites is 1. The predicted molar refractivity (Wildman–Crippen MR) is 152 cm³/mol. The molecule has 3 aromatic rings. The molecule has 0 aliphatic heterocycles. The van der Waals surface area contributed by atoms with E-state index in [9.17, 15) is 9.59 Å². The van der Waals surface area contributed by atoms with Crippen molar-refractivity contribution in [2.24, 2.45) is 5.92 Å². The molecule has 0 unspecified atom stereocenters. The zero-order chi connectivity index (χ0) is 27.2. The Morgan fingerprint density at radius 2 is 1.76 bits per heavy atom. The van der Waals surface area contributed by atoms with Gasteiger partial charge in [-0.25, -0.2) is 4.68 Å². The van der Waals surface area contributed by atoms with Crippen molar-refractivity contribution < 1.29 is 9.59 Å². The van der Waals surface area contributed by atoms with E-state index >= 15 is 0 Å². The van der Waals surface area contributed by atoms with Crippen LogP contribution in [0.1, 0.15) is 76.0 Å². The normalized spacial score (nSPS) is 11.6. The summed E-state index contributed by atoms with van der Waals surface area (Å²) in [5.41, 5.74) is 3.07. The van der Waals surface area contributed by atoms with E-state index in [1.807, 2.05) is 62.4 Å². The molecule has 1 N–H and O–H groups in total. The Morgan fingerprint density at radius 3 is 2.35 bits per heavy atom. The molecule has 0 saturated heterocycles. The summed E-state index contributed by atoms with van der Waals surface area (Å²) in [6, 6.07) is 17.0. The molecule has 0 aliphatic rings. The van der Waals surface area contributed by atoms with E-state index in [0.717, 1.165) is 25.0 Å². The van der Waals surface area contributed by atoms with Crippen LogP contribution >= 0.6 is 11.6 Å². The summed E-state index contributed by atoms with van der Waals surface area (Å²) >= 11 is 6.45. The fraction of sp³-hybridized carbons (Fsp3) is 0.433. The molecule has 37 heavy (non-hydrogen) atoms. The van der Waals surface area contributed by atoms with Crippen molar-refractivity contribution in [3.05, 3.63) is 76.4 Å². The first-order valence-electron chi connectivity index (χ1n) is 13.0. The summed E-state index contributed by atoms with van der Waals surface area (Å²) in [6.07, 6.45) is 3.25. The number of unbranched alkanes of at least 4 members (excludes halogenated alkanes) is 1. The zero-order valence-electron chi connectivity index (χ0n) is 22.8. The van der Waals surface area contributed by atoms with Crippen molar-refractivity contribution in [3.8, 4) is 5.69 Å². The molecule has 0 spiro atoms. The van der Waals surface area contributed by atoms with Crippen LogP contribution < -0.4 is 5.32 Å². The third-order valence-corrected chi connectivity index (χ3v) is 6.37. The number of hydrogen-bond acceptors (Lipinski definition) is 3. The first kappa shape index (κ1) is 28.5. The molecular formula is C30H39ClN4O2. The van der Waals surface area contributed by atoms with Gasteiger partial charge >= 0.3 is 0 Å². The van der Waals surface area contributed by atoms with Crippen LogP contribution in [0.2, 0.25) is 5.02 Å². The van der Waals surface area contributed by atoms with Gasteiger partial charge in [0.15, 0.2) is 0 Å². The van der Waals surface area contributed by atoms with Gasteiger partial charge in [0.1, 0.15) is 12.4 Å². The average Bonchev–Trinajstić information content (AvgIpc) is 3.26. The maximum atomic E-state index is 13.4. The maximum absolute atomic E-state index is 13.4. The van der Waals surface area contributed by atoms with Crippen LogP contribution in [0.3, 0.4) is 0 Å². The lowest BCUT2D eigenvalue weighted by molar-refractivity contribution is -0.117. The number of carbonyl (C=O) groups excluding carboxylic acids is 2. The van der Waals surface area contributed by atoms with Gasteiger partial charge < -0.3 is 10.2 Å². The Hall–Kier alpha value is -3.12. The van der Waals surface area contributed by atoms with E-state index in [0.29, 0.717) is 28.6 Å². The Bertz CT molecular complexity index is 1210. The standard InChI is InChI=1S/C30H39ClN4O2/c1-7-8-11-22-14-16-23(17-15-22)29(37)34(19-21(2)3)20-28(36)32-27-18-26(30(4,5)6)33-35(27)25-13-10-9-12-24(25)31/h9-10,12-18,21H,7-8,11,19-20H2,1-6H3,(H,32,36). The van der Waals surface area contributed by atoms with Crippen LogP contribution in [0.15, 0.2) is 54.6 Å². The number of aromatic nitrogens is 2. The summed E-state index contributed by atoms with van der Waals surface area (Å²) in [5.74, 6) is 0.282. The van der Waals surface area contributed by atoms with Crippen molar-refractivity contribution in [3.63, 3.8) is 0 Å². The van der Waals surface area contributed by atoms with Gasteiger partial charge in [0.25, 0.3) is 5.91 Å². The molecule has 2 amide bonds. The van der Waals surface area contributed by atoms with E-state index in [1.54, 1.807) is 15.6 Å². The van der Waals surface area contributed by atoms with Crippen molar-refractivity contribution in [1.82, 2.24) is 14.7 Å². The Labute approximate surface area is 226 Å². The van der Waals surface area contributed by atoms with Gasteiger partial charge in [0, 0.05) is 23.6 Å². The van der Waals surface area contributed by atoms with Crippen molar-refractivity contribution in [1.29, 1.82) is 0 Å². The van der Waals surface area contributed by atoms with Crippen molar-refractivity contribution >= 4 is 29.2 Å². The fourth-order valence-corrected chi connectivity index (χ4v) is 4.25. The lowest BCUT2D eigenvalue weighted by Gasteiger charge is -2.24. The zero-order valence-corrected chi connectivity index (χ0v) is 23.6. The topological polar surface area (TPSA) is 67.2 Å². The minimum absolute atomic E-state index is 0.0623. The molecule has 0 saturated carbocycles. The molecule has 0 aliphatic carbocycles. The molecule has 0 bridgehead atoms. The number of aryl methyl sites for hydroxylation is 1. The molecule has 1 aromatic heterocycles. The largest absolute Gasteiger partial charge is 0.329 e. The van der Waals surface area contributed by atoms with Crippen LogP contribution in [0, 0.1) is 5.92 Å². The van der Waals surface area contributed by atoms with E-state index < -0.39 is 0 Å². The number of carbonyl (C=O) groups is 2. The first-order valence-corrected chi connectivity index (χ1v) is 13.4. The molecule has 1 heterocycles. The van der Waals surface area contributed by atoms with E-state index in [1.165, 1.54) is 5.56 Å². The summed E-state index contributed by atoms with van der Waals surface area (Å²) in [4.78, 5) is 28.2. The minimum atomic E-state index is -0.290. The van der Waals surface area contributed by atoms with Gasteiger partial charge in [-0.15, -0.1) is 0 Å². The number of nitrogens with one attached hydrogen (secondary N) is 1. The number of nitrogens with zero attached hydrogens (tertiary/aromatic N) is 3. The van der Waals surface area contributed by atoms with Crippen LogP contribution in [0.5, 0.6) is 0 Å². The molecule has 6 nitrogen and oxygen atoms in total. The molecule has 0 atom stereocenters. The summed E-state index contributed by atoms with van der Waals surface area (Å²) < 4.78 is 1.66. The van der Waals surface area contributed by atoms with Crippen LogP contribution in [-0.4, -0.2) is 39.6 Å². The Morgan fingerprint density at radius 1 is 1.08 bits per heavy atom. The van der Waals surface area contributed by atoms with Gasteiger partial charge in [-0.2, -0.15) is 5.10 Å². The first-order chi connectivity index (χ1) is 17.5. The third kappa shape index (κ3) is 7.68. The molecule has 0 fully saturated rings. The van der Waals surface area contributed by atoms with Gasteiger partial charge in [-0.05, 0) is 48.6 Å². The van der Waals surface area contributed by atoms with E-state index in [4.69, 9.17) is 16.7 Å². The highest BCUT2D eigenvalue weighted by Gasteiger charge is 2.24. The number of hydrogen-bond donors (Lipinski definition) is 1. The Kier molecular flexibility index (Phi) is 9.55.